The van der Waals surface area contributed by atoms with Crippen LogP contribution in [0.5, 0.6) is 0 Å². The van der Waals surface area contributed by atoms with Crippen LogP contribution in [-0.4, -0.2) is 20.8 Å². The highest BCUT2D eigenvalue weighted by Crippen LogP contribution is 2.23. The first-order valence-corrected chi connectivity index (χ1v) is 5.17. The molecule has 0 saturated carbocycles. The predicted molar refractivity (Wildman–Crippen MR) is 67.4 cm³/mol. The normalized spacial score (nSPS) is 9.95. The number of carbonyl (C=O) groups is 1. The average molecular weight is 262 g/mol. The van der Waals surface area contributed by atoms with Crippen LogP contribution >= 0.6 is 0 Å². The lowest BCUT2D eigenvalue weighted by atomic mass is 10.1. The molecule has 19 heavy (non-hydrogen) atoms. The fourth-order valence-corrected chi connectivity index (χ4v) is 1.48. The van der Waals surface area contributed by atoms with Gasteiger partial charge in [0.05, 0.1) is 4.92 Å². The molecule has 1 amide bonds. The molecule has 0 unspecified atom stereocenters. The third kappa shape index (κ3) is 2.66. The lowest BCUT2D eigenvalue weighted by Crippen LogP contribution is -2.16. The number of aromatic nitrogens is 2. The number of hydrogen-bond acceptors (Lipinski definition) is 6. The molecule has 0 radical (unpaired) electrons. The standard InChI is InChI=1S/C10H10N6O3/c11-15-6-1-2-8(16(18)19)7(5-6)9(17)14-10-12-3-4-13-10/h1-5,15H,11H2,(H2,12,13,14,17). The van der Waals surface area contributed by atoms with E-state index in [4.69, 9.17) is 5.84 Å². The van der Waals surface area contributed by atoms with E-state index in [2.05, 4.69) is 20.7 Å². The molecule has 0 aliphatic carbocycles. The van der Waals surface area contributed by atoms with Crippen LogP contribution < -0.4 is 16.6 Å². The number of hydrogen-bond donors (Lipinski definition) is 4. The first-order chi connectivity index (χ1) is 9.11. The van der Waals surface area contributed by atoms with E-state index in [1.54, 1.807) is 0 Å². The van der Waals surface area contributed by atoms with Crippen molar-refractivity contribution in [2.45, 2.75) is 0 Å². The molecule has 0 saturated heterocycles. The zero-order valence-electron chi connectivity index (χ0n) is 9.58. The van der Waals surface area contributed by atoms with Gasteiger partial charge in [0, 0.05) is 24.1 Å². The van der Waals surface area contributed by atoms with E-state index < -0.39 is 10.8 Å². The number of H-pyrrole nitrogens is 1. The molecule has 1 heterocycles. The Labute approximate surface area is 107 Å². The minimum atomic E-state index is -0.654. The molecule has 5 N–H and O–H groups in total. The summed E-state index contributed by atoms with van der Waals surface area (Å²) in [6.07, 6.45) is 2.96. The molecule has 1 aromatic heterocycles. The smallest absolute Gasteiger partial charge is 0.282 e. The lowest BCUT2D eigenvalue weighted by Gasteiger charge is -2.05. The Balaban J connectivity index is 2.35. The van der Waals surface area contributed by atoms with Gasteiger partial charge in [-0.25, -0.2) is 4.98 Å². The number of imidazole rings is 1. The molecule has 0 aliphatic rings. The van der Waals surface area contributed by atoms with Crippen LogP contribution in [0.3, 0.4) is 0 Å². The number of rotatable bonds is 4. The van der Waals surface area contributed by atoms with Gasteiger partial charge in [0.25, 0.3) is 11.6 Å². The Morgan fingerprint density at radius 3 is 2.84 bits per heavy atom. The number of nitro groups is 1. The molecule has 2 rings (SSSR count). The molecule has 0 spiro atoms. The van der Waals surface area contributed by atoms with Gasteiger partial charge < -0.3 is 10.4 Å². The third-order valence-electron chi connectivity index (χ3n) is 2.33. The van der Waals surface area contributed by atoms with Gasteiger partial charge in [-0.15, -0.1) is 0 Å². The summed E-state index contributed by atoms with van der Waals surface area (Å²) in [5.41, 5.74) is 2.27. The van der Waals surface area contributed by atoms with Crippen LogP contribution in [0.15, 0.2) is 30.6 Å². The highest BCUT2D eigenvalue weighted by molar-refractivity contribution is 6.06. The minimum Gasteiger partial charge on any atom is -0.331 e. The molecule has 0 fully saturated rings. The number of amides is 1. The molecule has 0 aliphatic heterocycles. The van der Waals surface area contributed by atoms with E-state index >= 15 is 0 Å². The largest absolute Gasteiger partial charge is 0.331 e. The Kier molecular flexibility index (Phi) is 3.39. The van der Waals surface area contributed by atoms with Crippen LogP contribution in [0, 0.1) is 10.1 Å². The van der Waals surface area contributed by atoms with Gasteiger partial charge in [-0.2, -0.15) is 0 Å². The van der Waals surface area contributed by atoms with Gasteiger partial charge in [0.2, 0.25) is 5.95 Å². The fraction of sp³-hybridized carbons (Fsp3) is 0. The van der Waals surface area contributed by atoms with E-state index in [0.29, 0.717) is 5.69 Å². The van der Waals surface area contributed by atoms with E-state index in [0.717, 1.165) is 0 Å². The van der Waals surface area contributed by atoms with Crippen molar-refractivity contribution in [3.63, 3.8) is 0 Å². The van der Waals surface area contributed by atoms with Crippen molar-refractivity contribution in [2.24, 2.45) is 5.84 Å². The first kappa shape index (κ1) is 12.5. The van der Waals surface area contributed by atoms with Crippen molar-refractivity contribution in [2.75, 3.05) is 10.7 Å². The Bertz CT molecular complexity index is 610. The van der Waals surface area contributed by atoms with Crippen molar-refractivity contribution >= 4 is 23.2 Å². The van der Waals surface area contributed by atoms with Crippen LogP contribution in [0.4, 0.5) is 17.3 Å². The molecule has 9 heteroatoms. The number of aromatic amines is 1. The molecule has 0 atom stereocenters. The maximum atomic E-state index is 12.0. The summed E-state index contributed by atoms with van der Waals surface area (Å²) in [5, 5.41) is 13.3. The van der Waals surface area contributed by atoms with Gasteiger partial charge in [-0.3, -0.25) is 26.1 Å². The second-order valence-electron chi connectivity index (χ2n) is 3.53. The highest BCUT2D eigenvalue weighted by Gasteiger charge is 2.21. The predicted octanol–water partition coefficient (Wildman–Crippen LogP) is 0.856. The van der Waals surface area contributed by atoms with Crippen molar-refractivity contribution < 1.29 is 9.72 Å². The van der Waals surface area contributed by atoms with E-state index in [1.165, 1.54) is 30.6 Å². The third-order valence-corrected chi connectivity index (χ3v) is 2.33. The summed E-state index contributed by atoms with van der Waals surface area (Å²) in [5.74, 6) is 4.76. The maximum absolute atomic E-state index is 12.0. The van der Waals surface area contributed by atoms with Crippen molar-refractivity contribution in [1.29, 1.82) is 0 Å². The molecule has 1 aromatic carbocycles. The Hall–Kier alpha value is -2.94. The van der Waals surface area contributed by atoms with Crippen molar-refractivity contribution in [3.05, 3.63) is 46.3 Å². The fourth-order valence-electron chi connectivity index (χ4n) is 1.48. The number of nitro benzene ring substituents is 1. The topological polar surface area (TPSA) is 139 Å². The SMILES string of the molecule is NNc1ccc([N+](=O)[O-])c(C(=O)Nc2ncc[nH]2)c1. The summed E-state index contributed by atoms with van der Waals surface area (Å²) >= 11 is 0. The molecule has 98 valence electrons. The van der Waals surface area contributed by atoms with Gasteiger partial charge in [-0.05, 0) is 12.1 Å². The summed E-state index contributed by atoms with van der Waals surface area (Å²) in [6, 6.07) is 3.89. The number of nitrogen functional groups attached to an aromatic ring is 1. The van der Waals surface area contributed by atoms with Crippen LogP contribution in [0.2, 0.25) is 0 Å². The Morgan fingerprint density at radius 2 is 2.26 bits per heavy atom. The molecular weight excluding hydrogens is 252 g/mol. The number of hydrazine groups is 1. The first-order valence-electron chi connectivity index (χ1n) is 5.17. The average Bonchev–Trinajstić information content (AvgIpc) is 2.90. The number of nitrogens with zero attached hydrogens (tertiary/aromatic N) is 2. The van der Waals surface area contributed by atoms with Gasteiger partial charge in [0.1, 0.15) is 5.56 Å². The number of benzene rings is 1. The number of anilines is 2. The zero-order valence-corrected chi connectivity index (χ0v) is 9.58. The Morgan fingerprint density at radius 1 is 1.47 bits per heavy atom. The molecular formula is C10H10N6O3. The summed E-state index contributed by atoms with van der Waals surface area (Å²) < 4.78 is 0. The van der Waals surface area contributed by atoms with Crippen molar-refractivity contribution in [1.82, 2.24) is 9.97 Å². The summed E-state index contributed by atoms with van der Waals surface area (Å²) in [7, 11) is 0. The molecule has 9 nitrogen and oxygen atoms in total. The molecule has 0 bridgehead atoms. The number of nitrogens with one attached hydrogen (secondary N) is 3. The van der Waals surface area contributed by atoms with Crippen molar-refractivity contribution in [3.8, 4) is 0 Å². The van der Waals surface area contributed by atoms with Crippen LogP contribution in [0.1, 0.15) is 10.4 Å². The second kappa shape index (κ2) is 5.14. The summed E-state index contributed by atoms with van der Waals surface area (Å²) in [4.78, 5) is 28.7. The number of nitrogens with two attached hydrogens (primary N) is 1. The van der Waals surface area contributed by atoms with E-state index in [-0.39, 0.29) is 17.2 Å². The maximum Gasteiger partial charge on any atom is 0.282 e. The van der Waals surface area contributed by atoms with Gasteiger partial charge >= 0.3 is 0 Å². The van der Waals surface area contributed by atoms with Crippen LogP contribution in [-0.2, 0) is 0 Å². The monoisotopic (exact) mass is 262 g/mol. The number of carbonyl (C=O) groups excluding carboxylic acids is 1. The summed E-state index contributed by atoms with van der Waals surface area (Å²) in [6.45, 7) is 0. The van der Waals surface area contributed by atoms with Crippen LogP contribution in [0.25, 0.3) is 0 Å². The second-order valence-corrected chi connectivity index (χ2v) is 3.53. The van der Waals surface area contributed by atoms with Gasteiger partial charge in [-0.1, -0.05) is 0 Å². The van der Waals surface area contributed by atoms with E-state index in [1.807, 2.05) is 0 Å². The van der Waals surface area contributed by atoms with Gasteiger partial charge in [0.15, 0.2) is 0 Å². The van der Waals surface area contributed by atoms with E-state index in [9.17, 15) is 14.9 Å². The quantitative estimate of drug-likeness (QED) is 0.366. The highest BCUT2D eigenvalue weighted by atomic mass is 16.6. The zero-order chi connectivity index (χ0) is 13.8. The molecule has 2 aromatic rings. The minimum absolute atomic E-state index is 0.114. The lowest BCUT2D eigenvalue weighted by molar-refractivity contribution is -0.385.